The molecule has 1 fully saturated rings. The molecule has 1 saturated heterocycles. The van der Waals surface area contributed by atoms with Crippen molar-refractivity contribution in [2.24, 2.45) is 23.5 Å². The maximum atomic E-state index is 12.0. The molecule has 0 bridgehead atoms. The van der Waals surface area contributed by atoms with E-state index in [-0.39, 0.29) is 23.7 Å². The smallest absolute Gasteiger partial charge is 0.311 e. The first-order chi connectivity index (χ1) is 7.59. The Morgan fingerprint density at radius 2 is 2.38 bits per heavy atom. The molecule has 1 aliphatic heterocycles. The molecule has 4 heteroatoms. The lowest BCUT2D eigenvalue weighted by atomic mass is 9.67. The Morgan fingerprint density at radius 1 is 1.62 bits per heavy atom. The predicted molar refractivity (Wildman–Crippen MR) is 61.7 cm³/mol. The summed E-state index contributed by atoms with van der Waals surface area (Å²) >= 11 is 0. The zero-order chi connectivity index (χ0) is 11.8. The third-order valence-corrected chi connectivity index (χ3v) is 3.78. The van der Waals surface area contributed by atoms with E-state index in [1.165, 1.54) is 0 Å². The van der Waals surface area contributed by atoms with Gasteiger partial charge in [-0.1, -0.05) is 19.1 Å². The van der Waals surface area contributed by atoms with Crippen LogP contribution in [0.3, 0.4) is 0 Å². The number of esters is 1. The molecule has 0 amide bonds. The van der Waals surface area contributed by atoms with Gasteiger partial charge in [-0.15, -0.1) is 0 Å². The molecule has 0 radical (unpaired) electrons. The first-order valence-corrected chi connectivity index (χ1v) is 5.94. The van der Waals surface area contributed by atoms with E-state index in [2.05, 4.69) is 17.5 Å². The molecule has 4 unspecified atom stereocenters. The summed E-state index contributed by atoms with van der Waals surface area (Å²) in [6.45, 7) is 5.82. The lowest BCUT2D eigenvalue weighted by Gasteiger charge is -2.41. The molecule has 4 atom stereocenters. The Morgan fingerprint density at radius 3 is 3.06 bits per heavy atom. The number of ether oxygens (including phenoxy) is 1. The van der Waals surface area contributed by atoms with Crippen LogP contribution in [0.4, 0.5) is 0 Å². The van der Waals surface area contributed by atoms with Crippen molar-refractivity contribution in [3.8, 4) is 0 Å². The molecule has 1 aliphatic carbocycles. The second-order valence-corrected chi connectivity index (χ2v) is 4.82. The molecular weight excluding hydrogens is 204 g/mol. The van der Waals surface area contributed by atoms with Gasteiger partial charge >= 0.3 is 5.97 Å². The van der Waals surface area contributed by atoms with Crippen LogP contribution >= 0.6 is 0 Å². The number of allylic oxidation sites excluding steroid dienone is 1. The molecule has 4 nitrogen and oxygen atoms in total. The molecule has 16 heavy (non-hydrogen) atoms. The van der Waals surface area contributed by atoms with Gasteiger partial charge in [-0.3, -0.25) is 4.79 Å². The van der Waals surface area contributed by atoms with Crippen molar-refractivity contribution in [2.75, 3.05) is 19.7 Å². The molecule has 0 saturated carbocycles. The maximum Gasteiger partial charge on any atom is 0.311 e. The summed E-state index contributed by atoms with van der Waals surface area (Å²) in [6, 6.07) is 0. The van der Waals surface area contributed by atoms with Crippen molar-refractivity contribution in [1.29, 1.82) is 0 Å². The van der Waals surface area contributed by atoms with E-state index in [1.807, 2.05) is 13.8 Å². The number of carbonyl (C=O) groups is 1. The van der Waals surface area contributed by atoms with Crippen LogP contribution in [-0.2, 0) is 9.53 Å². The van der Waals surface area contributed by atoms with Gasteiger partial charge in [0, 0.05) is 24.5 Å². The van der Waals surface area contributed by atoms with Gasteiger partial charge < -0.3 is 15.8 Å². The molecule has 0 aromatic heterocycles. The topological polar surface area (TPSA) is 64.3 Å². The fraction of sp³-hybridized carbons (Fsp3) is 0.750. The molecule has 0 aromatic carbocycles. The third-order valence-electron chi connectivity index (χ3n) is 3.78. The number of hydrogen-bond acceptors (Lipinski definition) is 4. The minimum atomic E-state index is -0.472. The van der Waals surface area contributed by atoms with Gasteiger partial charge in [-0.05, 0) is 12.8 Å². The van der Waals surface area contributed by atoms with Crippen LogP contribution in [0.1, 0.15) is 13.8 Å². The number of nitrogens with one attached hydrogen (secondary N) is 1. The van der Waals surface area contributed by atoms with Crippen LogP contribution < -0.4 is 11.1 Å². The SMILES string of the molecule is CCOC(=O)C1C(C)C=CC2CNCC21N. The summed E-state index contributed by atoms with van der Waals surface area (Å²) in [4.78, 5) is 12.0. The van der Waals surface area contributed by atoms with E-state index in [0.717, 1.165) is 6.54 Å². The summed E-state index contributed by atoms with van der Waals surface area (Å²) in [6.07, 6.45) is 4.23. The Bertz CT molecular complexity index is 316. The van der Waals surface area contributed by atoms with E-state index in [9.17, 15) is 4.79 Å². The zero-order valence-corrected chi connectivity index (χ0v) is 9.90. The molecule has 3 N–H and O–H groups in total. The third kappa shape index (κ3) is 1.66. The number of nitrogens with two attached hydrogens (primary N) is 1. The quantitative estimate of drug-likeness (QED) is 0.522. The number of rotatable bonds is 2. The van der Waals surface area contributed by atoms with E-state index in [1.54, 1.807) is 0 Å². The largest absolute Gasteiger partial charge is 0.466 e. The Kier molecular flexibility index (Phi) is 3.04. The van der Waals surface area contributed by atoms with Crippen LogP contribution in [-0.4, -0.2) is 31.2 Å². The minimum absolute atomic E-state index is 0.153. The summed E-state index contributed by atoms with van der Waals surface area (Å²) in [5, 5.41) is 3.27. The van der Waals surface area contributed by atoms with Crippen LogP contribution in [0, 0.1) is 17.8 Å². The normalized spacial score (nSPS) is 41.8. The van der Waals surface area contributed by atoms with Gasteiger partial charge in [-0.2, -0.15) is 0 Å². The first-order valence-electron chi connectivity index (χ1n) is 5.94. The number of fused-ring (bicyclic) bond motifs is 1. The maximum absolute atomic E-state index is 12.0. The lowest BCUT2D eigenvalue weighted by molar-refractivity contribution is -0.152. The Hall–Kier alpha value is -0.870. The monoisotopic (exact) mass is 224 g/mol. The average molecular weight is 224 g/mol. The molecule has 2 rings (SSSR count). The van der Waals surface area contributed by atoms with Gasteiger partial charge in [-0.25, -0.2) is 0 Å². The highest BCUT2D eigenvalue weighted by atomic mass is 16.5. The van der Waals surface area contributed by atoms with Crippen LogP contribution in [0.5, 0.6) is 0 Å². The molecule has 1 heterocycles. The van der Waals surface area contributed by atoms with Gasteiger partial charge in [0.1, 0.15) is 0 Å². The second kappa shape index (κ2) is 4.18. The van der Waals surface area contributed by atoms with Crippen molar-refractivity contribution >= 4 is 5.97 Å². The second-order valence-electron chi connectivity index (χ2n) is 4.82. The van der Waals surface area contributed by atoms with Gasteiger partial charge in [0.25, 0.3) is 0 Å². The van der Waals surface area contributed by atoms with Crippen LogP contribution in [0.25, 0.3) is 0 Å². The van der Waals surface area contributed by atoms with Gasteiger partial charge in [0.2, 0.25) is 0 Å². The predicted octanol–water partition coefficient (Wildman–Crippen LogP) is 0.289. The molecular formula is C12H20N2O2. The van der Waals surface area contributed by atoms with Gasteiger partial charge in [0.15, 0.2) is 0 Å². The van der Waals surface area contributed by atoms with Crippen molar-refractivity contribution in [3.05, 3.63) is 12.2 Å². The number of hydrogen-bond donors (Lipinski definition) is 2. The molecule has 90 valence electrons. The van der Waals surface area contributed by atoms with Crippen molar-refractivity contribution < 1.29 is 9.53 Å². The van der Waals surface area contributed by atoms with Crippen molar-refractivity contribution in [2.45, 2.75) is 19.4 Å². The summed E-state index contributed by atoms with van der Waals surface area (Å²) in [7, 11) is 0. The minimum Gasteiger partial charge on any atom is -0.466 e. The molecule has 0 aromatic rings. The first kappa shape index (κ1) is 11.6. The van der Waals surface area contributed by atoms with Crippen molar-refractivity contribution in [1.82, 2.24) is 5.32 Å². The Labute approximate surface area is 96.2 Å². The molecule has 2 aliphatic rings. The lowest BCUT2D eigenvalue weighted by Crippen LogP contribution is -2.59. The standard InChI is InChI=1S/C12H20N2O2/c1-3-16-11(15)10-8(2)4-5-9-6-14-7-12(9,10)13/h4-5,8-10,14H,3,6-7,13H2,1-2H3. The summed E-state index contributed by atoms with van der Waals surface area (Å²) < 4.78 is 5.14. The van der Waals surface area contributed by atoms with E-state index in [0.29, 0.717) is 13.2 Å². The highest BCUT2D eigenvalue weighted by Gasteiger charge is 2.52. The highest BCUT2D eigenvalue weighted by Crippen LogP contribution is 2.38. The zero-order valence-electron chi connectivity index (χ0n) is 9.90. The molecule has 0 spiro atoms. The van der Waals surface area contributed by atoms with Crippen molar-refractivity contribution in [3.63, 3.8) is 0 Å². The van der Waals surface area contributed by atoms with E-state index >= 15 is 0 Å². The summed E-state index contributed by atoms with van der Waals surface area (Å²) in [5.41, 5.74) is 5.94. The number of carbonyl (C=O) groups excluding carboxylic acids is 1. The summed E-state index contributed by atoms with van der Waals surface area (Å²) in [5.74, 6) is 0.0197. The average Bonchev–Trinajstić information content (AvgIpc) is 2.59. The van der Waals surface area contributed by atoms with Crippen LogP contribution in [0.2, 0.25) is 0 Å². The van der Waals surface area contributed by atoms with Gasteiger partial charge in [0.05, 0.1) is 12.5 Å². The fourth-order valence-electron chi connectivity index (χ4n) is 2.93. The fourth-order valence-corrected chi connectivity index (χ4v) is 2.93. The highest BCUT2D eigenvalue weighted by molar-refractivity contribution is 5.75. The van der Waals surface area contributed by atoms with E-state index < -0.39 is 5.54 Å². The van der Waals surface area contributed by atoms with Crippen LogP contribution in [0.15, 0.2) is 12.2 Å². The Balaban J connectivity index is 2.26. The van der Waals surface area contributed by atoms with E-state index in [4.69, 9.17) is 10.5 Å².